The molecule has 0 fully saturated rings. The summed E-state index contributed by atoms with van der Waals surface area (Å²) in [7, 11) is 3.05. The molecule has 0 saturated heterocycles. The molecule has 0 radical (unpaired) electrons. The summed E-state index contributed by atoms with van der Waals surface area (Å²) in [5.74, 6) is 1.08. The van der Waals surface area contributed by atoms with Crippen LogP contribution in [0, 0.1) is 21.4 Å². The number of hydrogen-bond donors (Lipinski definition) is 0. The second-order valence-electron chi connectivity index (χ2n) is 4.17. The maximum absolute atomic E-state index is 10.7. The third kappa shape index (κ3) is 3.24. The predicted octanol–water partition coefficient (Wildman–Crippen LogP) is 3.74. The van der Waals surface area contributed by atoms with Crippen LogP contribution in [-0.2, 0) is 0 Å². The number of rotatable bonds is 5. The van der Waals surface area contributed by atoms with Gasteiger partial charge in [-0.05, 0) is 35.9 Å². The van der Waals surface area contributed by atoms with E-state index in [9.17, 15) is 15.4 Å². The summed E-state index contributed by atoms with van der Waals surface area (Å²) in [4.78, 5) is 10.9. The van der Waals surface area contributed by atoms with Gasteiger partial charge in [0.1, 0.15) is 0 Å². The van der Waals surface area contributed by atoms with E-state index in [0.29, 0.717) is 27.5 Å². The van der Waals surface area contributed by atoms with Crippen LogP contribution in [0.5, 0.6) is 11.5 Å². The van der Waals surface area contributed by atoms with Gasteiger partial charge in [0, 0.05) is 10.9 Å². The molecule has 0 N–H and O–H groups in total. The van der Waals surface area contributed by atoms with Crippen molar-refractivity contribution in [2.45, 2.75) is 0 Å². The Balaban J connectivity index is 2.41. The number of ether oxygens (including phenoxy) is 2. The number of hydrogen-bond acceptors (Lipinski definition) is 6. The third-order valence-corrected chi connectivity index (χ3v) is 3.88. The van der Waals surface area contributed by atoms with Crippen molar-refractivity contribution in [3.8, 4) is 17.6 Å². The molecule has 2 rings (SSSR count). The molecule has 0 unspecified atom stereocenters. The van der Waals surface area contributed by atoms with E-state index in [-0.39, 0.29) is 5.00 Å². The molecule has 1 aromatic carbocycles. The molecular formula is C15H12N2O4S. The van der Waals surface area contributed by atoms with Gasteiger partial charge in [-0.15, -0.1) is 0 Å². The Labute approximate surface area is 131 Å². The van der Waals surface area contributed by atoms with Crippen LogP contribution in [-0.4, -0.2) is 19.1 Å². The fourth-order valence-corrected chi connectivity index (χ4v) is 2.61. The quantitative estimate of drug-likeness (QED) is 0.476. The maximum Gasteiger partial charge on any atom is 0.324 e. The summed E-state index contributed by atoms with van der Waals surface area (Å²) in [6, 6.07) is 10.3. The topological polar surface area (TPSA) is 85.4 Å². The number of benzene rings is 1. The van der Waals surface area contributed by atoms with Crippen molar-refractivity contribution in [3.05, 3.63) is 50.9 Å². The van der Waals surface area contributed by atoms with Crippen molar-refractivity contribution in [1.82, 2.24) is 0 Å². The zero-order valence-electron chi connectivity index (χ0n) is 11.9. The molecule has 0 saturated carbocycles. The first kappa shape index (κ1) is 15.5. The molecule has 0 atom stereocenters. The molecule has 0 spiro atoms. The van der Waals surface area contributed by atoms with Crippen LogP contribution < -0.4 is 9.47 Å². The molecule has 7 heteroatoms. The van der Waals surface area contributed by atoms with E-state index in [4.69, 9.17) is 9.47 Å². The van der Waals surface area contributed by atoms with Gasteiger partial charge in [-0.25, -0.2) is 0 Å². The molecule has 0 bridgehead atoms. The Bertz CT molecular complexity index is 774. The van der Waals surface area contributed by atoms with Crippen molar-refractivity contribution < 1.29 is 14.4 Å². The first-order valence-corrected chi connectivity index (χ1v) is 6.99. The summed E-state index contributed by atoms with van der Waals surface area (Å²) in [6.07, 6.45) is 1.61. The summed E-state index contributed by atoms with van der Waals surface area (Å²) in [5, 5.41) is 20.1. The molecular weight excluding hydrogens is 304 g/mol. The second-order valence-corrected chi connectivity index (χ2v) is 5.27. The lowest BCUT2D eigenvalue weighted by molar-refractivity contribution is -0.380. The largest absolute Gasteiger partial charge is 0.493 e. The number of nitro groups is 1. The summed E-state index contributed by atoms with van der Waals surface area (Å²) in [5.41, 5.74) is 1.04. The fourth-order valence-electron chi connectivity index (χ4n) is 1.84. The van der Waals surface area contributed by atoms with Crippen molar-refractivity contribution in [2.24, 2.45) is 0 Å². The molecule has 2 aromatic rings. The molecule has 0 aliphatic heterocycles. The van der Waals surface area contributed by atoms with E-state index in [1.54, 1.807) is 30.3 Å². The lowest BCUT2D eigenvalue weighted by Gasteiger charge is -2.08. The van der Waals surface area contributed by atoms with Gasteiger partial charge in [-0.3, -0.25) is 10.1 Å². The highest BCUT2D eigenvalue weighted by molar-refractivity contribution is 7.16. The average molecular weight is 316 g/mol. The van der Waals surface area contributed by atoms with E-state index in [1.807, 2.05) is 0 Å². The monoisotopic (exact) mass is 316 g/mol. The average Bonchev–Trinajstić information content (AvgIpc) is 3.00. The van der Waals surface area contributed by atoms with Gasteiger partial charge in [0.2, 0.25) is 0 Å². The van der Waals surface area contributed by atoms with Gasteiger partial charge in [0.25, 0.3) is 0 Å². The van der Waals surface area contributed by atoms with Gasteiger partial charge in [-0.1, -0.05) is 11.3 Å². The highest BCUT2D eigenvalue weighted by Crippen LogP contribution is 2.32. The smallest absolute Gasteiger partial charge is 0.324 e. The fraction of sp³-hybridized carbons (Fsp3) is 0.133. The lowest BCUT2D eigenvalue weighted by atomic mass is 10.1. The molecule has 6 nitrogen and oxygen atoms in total. The van der Waals surface area contributed by atoms with Crippen LogP contribution >= 0.6 is 11.3 Å². The standard InChI is InChI=1S/C15H12N2O4S/c1-20-13-5-3-10(8-14(13)21-2)11(9-16)7-12-4-6-15(22-12)17(18)19/h3-8H,1-2H3/b11-7+. The van der Waals surface area contributed by atoms with Crippen molar-refractivity contribution >= 4 is 28.0 Å². The molecule has 1 heterocycles. The van der Waals surface area contributed by atoms with Gasteiger partial charge in [-0.2, -0.15) is 5.26 Å². The zero-order valence-corrected chi connectivity index (χ0v) is 12.7. The molecule has 1 aromatic heterocycles. The Morgan fingerprint density at radius 2 is 2.00 bits per heavy atom. The van der Waals surface area contributed by atoms with Gasteiger partial charge in [0.15, 0.2) is 11.5 Å². The third-order valence-electron chi connectivity index (χ3n) is 2.89. The SMILES string of the molecule is COc1ccc(/C(C#N)=C/c2ccc([N+](=O)[O-])s2)cc1OC. The van der Waals surface area contributed by atoms with E-state index in [1.165, 1.54) is 20.3 Å². The van der Waals surface area contributed by atoms with Gasteiger partial charge < -0.3 is 9.47 Å². The zero-order chi connectivity index (χ0) is 16.1. The van der Waals surface area contributed by atoms with Crippen molar-refractivity contribution in [3.63, 3.8) is 0 Å². The number of allylic oxidation sites excluding steroid dienone is 1. The minimum absolute atomic E-state index is 0.0378. The number of nitrogens with zero attached hydrogens (tertiary/aromatic N) is 2. The van der Waals surface area contributed by atoms with E-state index in [2.05, 4.69) is 6.07 Å². The minimum Gasteiger partial charge on any atom is -0.493 e. The second kappa shape index (κ2) is 6.74. The Morgan fingerprint density at radius 3 is 2.55 bits per heavy atom. The van der Waals surface area contributed by atoms with Crippen LogP contribution in [0.3, 0.4) is 0 Å². The summed E-state index contributed by atoms with van der Waals surface area (Å²) < 4.78 is 10.4. The molecule has 0 amide bonds. The predicted molar refractivity (Wildman–Crippen MR) is 84.0 cm³/mol. The maximum atomic E-state index is 10.7. The highest BCUT2D eigenvalue weighted by atomic mass is 32.1. The summed E-state index contributed by atoms with van der Waals surface area (Å²) >= 11 is 1.01. The van der Waals surface area contributed by atoms with Crippen LogP contribution in [0.15, 0.2) is 30.3 Å². The van der Waals surface area contributed by atoms with Gasteiger partial charge in [0.05, 0.1) is 30.8 Å². The van der Waals surface area contributed by atoms with Crippen LogP contribution in [0.4, 0.5) is 5.00 Å². The van der Waals surface area contributed by atoms with Crippen LogP contribution in [0.2, 0.25) is 0 Å². The first-order valence-electron chi connectivity index (χ1n) is 6.17. The summed E-state index contributed by atoms with van der Waals surface area (Å²) in [6.45, 7) is 0. The van der Waals surface area contributed by atoms with E-state index in [0.717, 1.165) is 11.3 Å². The lowest BCUT2D eigenvalue weighted by Crippen LogP contribution is -1.92. The Morgan fingerprint density at radius 1 is 1.27 bits per heavy atom. The van der Waals surface area contributed by atoms with E-state index < -0.39 is 4.92 Å². The normalized spacial score (nSPS) is 10.9. The highest BCUT2D eigenvalue weighted by Gasteiger charge is 2.11. The molecule has 0 aliphatic rings. The van der Waals surface area contributed by atoms with Crippen molar-refractivity contribution in [2.75, 3.05) is 14.2 Å². The molecule has 22 heavy (non-hydrogen) atoms. The minimum atomic E-state index is -0.454. The van der Waals surface area contributed by atoms with Crippen molar-refractivity contribution in [1.29, 1.82) is 5.26 Å². The van der Waals surface area contributed by atoms with Crippen LogP contribution in [0.1, 0.15) is 10.4 Å². The molecule has 0 aliphatic carbocycles. The first-order chi connectivity index (χ1) is 10.6. The van der Waals surface area contributed by atoms with Crippen LogP contribution in [0.25, 0.3) is 11.6 Å². The molecule has 112 valence electrons. The Hall–Kier alpha value is -2.85. The number of nitriles is 1. The number of thiophene rings is 1. The number of methoxy groups -OCH3 is 2. The van der Waals surface area contributed by atoms with Gasteiger partial charge >= 0.3 is 5.00 Å². The van der Waals surface area contributed by atoms with E-state index >= 15 is 0 Å². The Kier molecular flexibility index (Phi) is 4.76.